The number of rotatable bonds is 7. The first-order valence-electron chi connectivity index (χ1n) is 8.70. The van der Waals surface area contributed by atoms with Crippen LogP contribution in [0.4, 0.5) is 5.69 Å². The molecule has 0 aliphatic carbocycles. The molecule has 142 valence electrons. The van der Waals surface area contributed by atoms with E-state index in [0.717, 1.165) is 16.5 Å². The zero-order chi connectivity index (χ0) is 19.8. The van der Waals surface area contributed by atoms with Crippen LogP contribution in [0.25, 0.3) is 6.08 Å². The van der Waals surface area contributed by atoms with Crippen molar-refractivity contribution in [1.82, 2.24) is 5.32 Å². The lowest BCUT2D eigenvalue weighted by Crippen LogP contribution is -2.22. The third-order valence-corrected chi connectivity index (χ3v) is 4.96. The second-order valence-corrected chi connectivity index (χ2v) is 7.67. The van der Waals surface area contributed by atoms with E-state index in [2.05, 4.69) is 10.0 Å². The summed E-state index contributed by atoms with van der Waals surface area (Å²) in [5.74, 6) is -0.220. The molecule has 0 fully saturated rings. The van der Waals surface area contributed by atoms with E-state index in [9.17, 15) is 13.2 Å². The van der Waals surface area contributed by atoms with Crippen molar-refractivity contribution in [2.75, 3.05) is 4.72 Å². The SMILES string of the molecule is O=C(NCc1ccccc1)c1ccc(NS(=O)(=O)/C=C/c2ccccc2)cc1. The Morgan fingerprint density at radius 2 is 1.43 bits per heavy atom. The Morgan fingerprint density at radius 3 is 2.07 bits per heavy atom. The largest absolute Gasteiger partial charge is 0.348 e. The minimum atomic E-state index is -3.64. The van der Waals surface area contributed by atoms with Gasteiger partial charge in [0.25, 0.3) is 15.9 Å². The summed E-state index contributed by atoms with van der Waals surface area (Å²) in [5.41, 5.74) is 2.64. The highest BCUT2D eigenvalue weighted by molar-refractivity contribution is 7.95. The summed E-state index contributed by atoms with van der Waals surface area (Å²) in [6.45, 7) is 0.429. The van der Waals surface area contributed by atoms with E-state index in [0.29, 0.717) is 17.8 Å². The molecule has 0 radical (unpaired) electrons. The third-order valence-electron chi connectivity index (χ3n) is 3.94. The number of benzene rings is 3. The van der Waals surface area contributed by atoms with Crippen LogP contribution in [0.1, 0.15) is 21.5 Å². The summed E-state index contributed by atoms with van der Waals surface area (Å²) < 4.78 is 26.8. The van der Waals surface area contributed by atoms with Crippen LogP contribution in [0, 0.1) is 0 Å². The number of nitrogens with one attached hydrogen (secondary N) is 2. The Morgan fingerprint density at radius 1 is 0.821 bits per heavy atom. The minimum Gasteiger partial charge on any atom is -0.348 e. The Balaban J connectivity index is 1.59. The molecule has 5 nitrogen and oxygen atoms in total. The molecule has 3 aromatic carbocycles. The Labute approximate surface area is 164 Å². The van der Waals surface area contributed by atoms with Crippen LogP contribution in [-0.2, 0) is 16.6 Å². The first kappa shape index (κ1) is 19.4. The Bertz CT molecular complexity index is 1050. The van der Waals surface area contributed by atoms with Gasteiger partial charge in [0.15, 0.2) is 0 Å². The van der Waals surface area contributed by atoms with Gasteiger partial charge >= 0.3 is 0 Å². The summed E-state index contributed by atoms with van der Waals surface area (Å²) in [4.78, 5) is 12.2. The molecule has 1 amide bonds. The van der Waals surface area contributed by atoms with Gasteiger partial charge in [0.2, 0.25) is 0 Å². The van der Waals surface area contributed by atoms with Crippen molar-refractivity contribution in [3.05, 3.63) is 107 Å². The molecule has 0 aliphatic heterocycles. The van der Waals surface area contributed by atoms with Gasteiger partial charge in [0.1, 0.15) is 0 Å². The summed E-state index contributed by atoms with van der Waals surface area (Å²) in [5, 5.41) is 3.95. The summed E-state index contributed by atoms with van der Waals surface area (Å²) in [6, 6.07) is 25.1. The van der Waals surface area contributed by atoms with Crippen LogP contribution in [0.3, 0.4) is 0 Å². The lowest BCUT2D eigenvalue weighted by atomic mass is 10.2. The number of sulfonamides is 1. The van der Waals surface area contributed by atoms with Gasteiger partial charge in [-0.25, -0.2) is 8.42 Å². The maximum Gasteiger partial charge on any atom is 0.255 e. The van der Waals surface area contributed by atoms with Crippen molar-refractivity contribution in [2.24, 2.45) is 0 Å². The average Bonchev–Trinajstić information content (AvgIpc) is 2.72. The van der Waals surface area contributed by atoms with E-state index in [1.165, 1.54) is 6.08 Å². The fraction of sp³-hybridized carbons (Fsp3) is 0.0455. The Hall–Kier alpha value is -3.38. The molecule has 3 aromatic rings. The molecule has 0 spiro atoms. The van der Waals surface area contributed by atoms with Crippen LogP contribution in [0.5, 0.6) is 0 Å². The van der Waals surface area contributed by atoms with Gasteiger partial charge in [-0.15, -0.1) is 0 Å². The maximum absolute atomic E-state index is 12.2. The van der Waals surface area contributed by atoms with E-state index < -0.39 is 10.0 Å². The van der Waals surface area contributed by atoms with Crippen molar-refractivity contribution in [3.8, 4) is 0 Å². The van der Waals surface area contributed by atoms with Crippen LogP contribution < -0.4 is 10.0 Å². The van der Waals surface area contributed by atoms with Crippen molar-refractivity contribution in [1.29, 1.82) is 0 Å². The van der Waals surface area contributed by atoms with E-state index >= 15 is 0 Å². The summed E-state index contributed by atoms with van der Waals surface area (Å²) >= 11 is 0. The van der Waals surface area contributed by atoms with Crippen molar-refractivity contribution < 1.29 is 13.2 Å². The molecule has 3 rings (SSSR count). The van der Waals surface area contributed by atoms with E-state index in [1.54, 1.807) is 24.3 Å². The van der Waals surface area contributed by atoms with Gasteiger partial charge in [-0.05, 0) is 41.5 Å². The fourth-order valence-corrected chi connectivity index (χ4v) is 3.37. The summed E-state index contributed by atoms with van der Waals surface area (Å²) in [7, 11) is -3.64. The molecule has 0 heterocycles. The van der Waals surface area contributed by atoms with Crippen LogP contribution in [0.2, 0.25) is 0 Å². The molecule has 0 unspecified atom stereocenters. The van der Waals surface area contributed by atoms with E-state index in [4.69, 9.17) is 0 Å². The van der Waals surface area contributed by atoms with Crippen molar-refractivity contribution >= 4 is 27.7 Å². The lowest BCUT2D eigenvalue weighted by molar-refractivity contribution is 0.0951. The van der Waals surface area contributed by atoms with E-state index in [1.807, 2.05) is 60.7 Å². The third kappa shape index (κ3) is 5.82. The van der Waals surface area contributed by atoms with Gasteiger partial charge in [0, 0.05) is 17.8 Å². The molecular formula is C22H20N2O3S. The van der Waals surface area contributed by atoms with Crippen LogP contribution >= 0.6 is 0 Å². The van der Waals surface area contributed by atoms with Gasteiger partial charge in [-0.2, -0.15) is 0 Å². The van der Waals surface area contributed by atoms with Gasteiger partial charge in [-0.3, -0.25) is 9.52 Å². The number of carbonyl (C=O) groups excluding carboxylic acids is 1. The highest BCUT2D eigenvalue weighted by Crippen LogP contribution is 2.13. The zero-order valence-electron chi connectivity index (χ0n) is 15.1. The standard InChI is InChI=1S/C22H20N2O3S/c25-22(23-17-19-9-5-2-6-10-19)20-11-13-21(14-12-20)24-28(26,27)16-15-18-7-3-1-4-8-18/h1-16,24H,17H2,(H,23,25)/b16-15+. The molecule has 0 aromatic heterocycles. The number of amides is 1. The predicted octanol–water partition coefficient (Wildman–Crippen LogP) is 4.03. The highest BCUT2D eigenvalue weighted by Gasteiger charge is 2.08. The smallest absolute Gasteiger partial charge is 0.255 e. The predicted molar refractivity (Wildman–Crippen MR) is 112 cm³/mol. The van der Waals surface area contributed by atoms with Crippen molar-refractivity contribution in [2.45, 2.75) is 6.54 Å². The Kier molecular flexibility index (Phi) is 6.24. The van der Waals surface area contributed by atoms with Crippen LogP contribution in [-0.4, -0.2) is 14.3 Å². The molecule has 2 N–H and O–H groups in total. The second-order valence-electron chi connectivity index (χ2n) is 6.11. The topological polar surface area (TPSA) is 75.3 Å². The number of carbonyl (C=O) groups is 1. The van der Waals surface area contributed by atoms with Crippen LogP contribution in [0.15, 0.2) is 90.3 Å². The molecule has 0 saturated carbocycles. The quantitative estimate of drug-likeness (QED) is 0.637. The second kappa shape index (κ2) is 9.01. The molecule has 0 aliphatic rings. The molecule has 0 bridgehead atoms. The fourth-order valence-electron chi connectivity index (χ4n) is 2.50. The molecule has 0 atom stereocenters. The first-order chi connectivity index (χ1) is 13.5. The maximum atomic E-state index is 12.2. The molecule has 6 heteroatoms. The zero-order valence-corrected chi connectivity index (χ0v) is 15.9. The normalized spacial score (nSPS) is 11.3. The highest BCUT2D eigenvalue weighted by atomic mass is 32.2. The monoisotopic (exact) mass is 392 g/mol. The van der Waals surface area contributed by atoms with E-state index in [-0.39, 0.29) is 5.91 Å². The summed E-state index contributed by atoms with van der Waals surface area (Å²) in [6.07, 6.45) is 1.52. The van der Waals surface area contributed by atoms with Gasteiger partial charge in [0.05, 0.1) is 5.41 Å². The lowest BCUT2D eigenvalue weighted by Gasteiger charge is -2.07. The van der Waals surface area contributed by atoms with Gasteiger partial charge < -0.3 is 5.32 Å². The first-order valence-corrected chi connectivity index (χ1v) is 10.2. The number of hydrogen-bond acceptors (Lipinski definition) is 3. The van der Waals surface area contributed by atoms with Crippen molar-refractivity contribution in [3.63, 3.8) is 0 Å². The van der Waals surface area contributed by atoms with Gasteiger partial charge in [-0.1, -0.05) is 60.7 Å². The number of hydrogen-bond donors (Lipinski definition) is 2. The molecular weight excluding hydrogens is 372 g/mol. The molecule has 0 saturated heterocycles. The minimum absolute atomic E-state index is 0.220. The average molecular weight is 392 g/mol. The molecule has 28 heavy (non-hydrogen) atoms. The number of anilines is 1.